The molecule has 0 saturated carbocycles. The Kier molecular flexibility index (Phi) is 6.81. The minimum absolute atomic E-state index is 0.275. The van der Waals surface area contributed by atoms with Crippen LogP contribution in [0.2, 0.25) is 5.02 Å². The summed E-state index contributed by atoms with van der Waals surface area (Å²) in [7, 11) is 1.56. The molecule has 0 radical (unpaired) electrons. The van der Waals surface area contributed by atoms with E-state index in [0.717, 1.165) is 11.1 Å². The smallest absolute Gasteiger partial charge is 0.257 e. The zero-order valence-electron chi connectivity index (χ0n) is 16.1. The van der Waals surface area contributed by atoms with Crippen LogP contribution in [-0.2, 0) is 6.54 Å². The Bertz CT molecular complexity index is 1010. The first kappa shape index (κ1) is 20.4. The third-order valence-electron chi connectivity index (χ3n) is 4.10. The van der Waals surface area contributed by atoms with Crippen molar-refractivity contribution < 1.29 is 9.53 Å². The number of hydrogen-bond donors (Lipinski definition) is 2. The van der Waals surface area contributed by atoms with Crippen LogP contribution < -0.4 is 15.4 Å². The van der Waals surface area contributed by atoms with E-state index < -0.39 is 0 Å². The van der Waals surface area contributed by atoms with Crippen molar-refractivity contribution in [3.05, 3.63) is 88.7 Å². The quantitative estimate of drug-likeness (QED) is 0.483. The zero-order valence-corrected chi connectivity index (χ0v) is 16.9. The second-order valence-electron chi connectivity index (χ2n) is 6.32. The molecule has 0 saturated heterocycles. The van der Waals surface area contributed by atoms with Gasteiger partial charge in [0, 0.05) is 23.0 Å². The Labute approximate surface area is 174 Å². The van der Waals surface area contributed by atoms with E-state index in [2.05, 4.69) is 20.6 Å². The number of pyridine rings is 1. The fourth-order valence-electron chi connectivity index (χ4n) is 2.56. The maximum atomic E-state index is 12.7. The van der Waals surface area contributed by atoms with Crippen LogP contribution in [0, 0.1) is 6.92 Å². The van der Waals surface area contributed by atoms with Crippen molar-refractivity contribution in [3.8, 4) is 5.75 Å². The molecule has 148 valence electrons. The van der Waals surface area contributed by atoms with Gasteiger partial charge in [-0.2, -0.15) is 0 Å². The molecule has 0 aliphatic rings. The van der Waals surface area contributed by atoms with Gasteiger partial charge in [0.2, 0.25) is 5.96 Å². The zero-order chi connectivity index (χ0) is 20.6. The highest BCUT2D eigenvalue weighted by Crippen LogP contribution is 2.27. The number of guanidine groups is 1. The van der Waals surface area contributed by atoms with Gasteiger partial charge in [-0.1, -0.05) is 35.4 Å². The van der Waals surface area contributed by atoms with Crippen molar-refractivity contribution in [2.45, 2.75) is 13.5 Å². The second kappa shape index (κ2) is 9.71. The van der Waals surface area contributed by atoms with E-state index >= 15 is 0 Å². The highest BCUT2D eigenvalue weighted by Gasteiger charge is 2.12. The van der Waals surface area contributed by atoms with Gasteiger partial charge in [0.15, 0.2) is 0 Å². The SMILES string of the molecule is COc1ccc(Cl)cc1NC(=NCc1cccnc1)NC(=O)c1ccc(C)cc1. The normalized spacial score (nSPS) is 11.1. The van der Waals surface area contributed by atoms with E-state index in [1.54, 1.807) is 49.8 Å². The van der Waals surface area contributed by atoms with Crippen LogP contribution in [-0.4, -0.2) is 24.0 Å². The first-order chi connectivity index (χ1) is 14.0. The molecule has 1 heterocycles. The Morgan fingerprint density at radius 3 is 2.66 bits per heavy atom. The van der Waals surface area contributed by atoms with E-state index in [0.29, 0.717) is 28.6 Å². The monoisotopic (exact) mass is 408 g/mol. The number of aliphatic imine (C=N–C) groups is 1. The average Bonchev–Trinajstić information content (AvgIpc) is 2.73. The number of carbonyl (C=O) groups is 1. The lowest BCUT2D eigenvalue weighted by Gasteiger charge is -2.15. The molecule has 0 unspecified atom stereocenters. The molecular weight excluding hydrogens is 388 g/mol. The van der Waals surface area contributed by atoms with Crippen LogP contribution in [0.5, 0.6) is 5.75 Å². The number of anilines is 1. The third-order valence-corrected chi connectivity index (χ3v) is 4.34. The number of methoxy groups -OCH3 is 1. The maximum absolute atomic E-state index is 12.7. The molecule has 2 aromatic carbocycles. The summed E-state index contributed by atoms with van der Waals surface area (Å²) in [6.07, 6.45) is 3.42. The van der Waals surface area contributed by atoms with Crippen LogP contribution >= 0.6 is 11.6 Å². The van der Waals surface area contributed by atoms with Crippen molar-refractivity contribution in [3.63, 3.8) is 0 Å². The van der Waals surface area contributed by atoms with Gasteiger partial charge in [-0.3, -0.25) is 15.1 Å². The van der Waals surface area contributed by atoms with Crippen molar-refractivity contribution in [1.29, 1.82) is 0 Å². The van der Waals surface area contributed by atoms with Gasteiger partial charge in [-0.25, -0.2) is 4.99 Å². The van der Waals surface area contributed by atoms with Gasteiger partial charge < -0.3 is 10.1 Å². The summed E-state index contributed by atoms with van der Waals surface area (Å²) in [4.78, 5) is 21.3. The lowest BCUT2D eigenvalue weighted by atomic mass is 10.1. The molecule has 0 aliphatic carbocycles. The van der Waals surface area contributed by atoms with Crippen LogP contribution in [0.1, 0.15) is 21.5 Å². The highest BCUT2D eigenvalue weighted by molar-refractivity contribution is 6.31. The molecule has 0 spiro atoms. The fraction of sp³-hybridized carbons (Fsp3) is 0.136. The number of ether oxygens (including phenoxy) is 1. The summed E-state index contributed by atoms with van der Waals surface area (Å²) >= 11 is 6.12. The minimum atomic E-state index is -0.275. The summed E-state index contributed by atoms with van der Waals surface area (Å²) in [5, 5.41) is 6.47. The molecule has 1 aromatic heterocycles. The molecule has 0 atom stereocenters. The minimum Gasteiger partial charge on any atom is -0.495 e. The lowest BCUT2D eigenvalue weighted by molar-refractivity contribution is 0.0977. The number of hydrogen-bond acceptors (Lipinski definition) is 4. The maximum Gasteiger partial charge on any atom is 0.257 e. The van der Waals surface area contributed by atoms with Gasteiger partial charge in [-0.15, -0.1) is 0 Å². The molecule has 1 amide bonds. The number of nitrogens with one attached hydrogen (secondary N) is 2. The number of aryl methyl sites for hydroxylation is 1. The number of benzene rings is 2. The first-order valence-corrected chi connectivity index (χ1v) is 9.35. The molecule has 3 rings (SSSR count). The number of halogens is 1. The van der Waals surface area contributed by atoms with Crippen LogP contribution in [0.3, 0.4) is 0 Å². The predicted octanol–water partition coefficient (Wildman–Crippen LogP) is 4.45. The van der Waals surface area contributed by atoms with E-state index in [-0.39, 0.29) is 11.9 Å². The Balaban J connectivity index is 1.86. The van der Waals surface area contributed by atoms with Crippen LogP contribution in [0.25, 0.3) is 0 Å². The number of rotatable bonds is 5. The number of nitrogens with zero attached hydrogens (tertiary/aromatic N) is 2. The number of amides is 1. The summed E-state index contributed by atoms with van der Waals surface area (Å²) in [6.45, 7) is 2.31. The average molecular weight is 409 g/mol. The summed E-state index contributed by atoms with van der Waals surface area (Å²) in [6, 6.07) is 16.2. The number of aromatic nitrogens is 1. The van der Waals surface area contributed by atoms with Crippen molar-refractivity contribution in [1.82, 2.24) is 10.3 Å². The topological polar surface area (TPSA) is 75.6 Å². The van der Waals surface area contributed by atoms with E-state index in [1.807, 2.05) is 31.2 Å². The highest BCUT2D eigenvalue weighted by atomic mass is 35.5. The standard InChI is InChI=1S/C22H21ClN4O2/c1-15-5-7-17(8-6-15)21(28)27-22(25-14-16-4-3-11-24-13-16)26-19-12-18(23)9-10-20(19)29-2/h3-13H,14H2,1-2H3,(H2,25,26,27,28). The van der Waals surface area contributed by atoms with Gasteiger partial charge in [-0.05, 0) is 48.9 Å². The summed E-state index contributed by atoms with van der Waals surface area (Å²) in [5.41, 5.74) is 3.11. The third kappa shape index (κ3) is 5.80. The van der Waals surface area contributed by atoms with E-state index in [1.165, 1.54) is 0 Å². The first-order valence-electron chi connectivity index (χ1n) is 8.97. The molecule has 2 N–H and O–H groups in total. The molecule has 29 heavy (non-hydrogen) atoms. The van der Waals surface area contributed by atoms with E-state index in [4.69, 9.17) is 16.3 Å². The fourth-order valence-corrected chi connectivity index (χ4v) is 2.73. The number of carbonyl (C=O) groups excluding carboxylic acids is 1. The van der Waals surface area contributed by atoms with Crippen molar-refractivity contribution in [2.24, 2.45) is 4.99 Å². The van der Waals surface area contributed by atoms with Gasteiger partial charge in [0.1, 0.15) is 5.75 Å². The van der Waals surface area contributed by atoms with Gasteiger partial charge >= 0.3 is 0 Å². The summed E-state index contributed by atoms with van der Waals surface area (Å²) < 4.78 is 5.37. The molecule has 7 heteroatoms. The molecule has 0 fully saturated rings. The van der Waals surface area contributed by atoms with E-state index in [9.17, 15) is 4.79 Å². The predicted molar refractivity (Wildman–Crippen MR) is 116 cm³/mol. The Morgan fingerprint density at radius 1 is 1.17 bits per heavy atom. The Hall–Kier alpha value is -3.38. The second-order valence-corrected chi connectivity index (χ2v) is 6.75. The van der Waals surface area contributed by atoms with Crippen LogP contribution in [0.4, 0.5) is 5.69 Å². The molecule has 3 aromatic rings. The summed E-state index contributed by atoms with van der Waals surface area (Å²) in [5.74, 6) is 0.580. The van der Waals surface area contributed by atoms with Crippen molar-refractivity contribution in [2.75, 3.05) is 12.4 Å². The Morgan fingerprint density at radius 2 is 1.97 bits per heavy atom. The molecular formula is C22H21ClN4O2. The van der Waals surface area contributed by atoms with Crippen molar-refractivity contribution >= 4 is 29.2 Å². The van der Waals surface area contributed by atoms with Gasteiger partial charge in [0.05, 0.1) is 19.3 Å². The largest absolute Gasteiger partial charge is 0.495 e. The van der Waals surface area contributed by atoms with Gasteiger partial charge in [0.25, 0.3) is 5.91 Å². The molecule has 0 aliphatic heterocycles. The lowest BCUT2D eigenvalue weighted by Crippen LogP contribution is -2.36. The van der Waals surface area contributed by atoms with Crippen LogP contribution in [0.15, 0.2) is 72.0 Å². The molecule has 0 bridgehead atoms. The molecule has 6 nitrogen and oxygen atoms in total.